The van der Waals surface area contributed by atoms with Crippen LogP contribution < -0.4 is 0 Å². The summed E-state index contributed by atoms with van der Waals surface area (Å²) in [6.45, 7) is 0. The van der Waals surface area contributed by atoms with E-state index in [4.69, 9.17) is 0 Å². The zero-order valence-electron chi connectivity index (χ0n) is 8.04. The lowest BCUT2D eigenvalue weighted by Crippen LogP contribution is -2.74. The quantitative estimate of drug-likeness (QED) is 0.584. The average molecular weight is 312 g/mol. The van der Waals surface area contributed by atoms with Crippen molar-refractivity contribution >= 4 is 0 Å². The lowest BCUT2D eigenvalue weighted by atomic mass is 9.79. The minimum Gasteiger partial charge on any atom is -0.219 e. The van der Waals surface area contributed by atoms with Crippen LogP contribution in [0.5, 0.6) is 0 Å². The molecular formula is C7F12. The molecule has 0 heterocycles. The molecule has 1 rings (SSSR count). The predicted molar refractivity (Wildman–Crippen MR) is 34.0 cm³/mol. The Balaban J connectivity index is 3.84. The molecule has 0 amide bonds. The summed E-state index contributed by atoms with van der Waals surface area (Å²) in [5.41, 5.74) is -7.30. The Morgan fingerprint density at radius 3 is 1.26 bits per heavy atom. The fraction of sp³-hybridized carbons (Fsp3) is 0.714. The van der Waals surface area contributed by atoms with Crippen molar-refractivity contribution in [1.82, 2.24) is 0 Å². The van der Waals surface area contributed by atoms with Gasteiger partial charge in [-0.25, -0.2) is 13.2 Å². The van der Waals surface area contributed by atoms with E-state index >= 15 is 0 Å². The molecule has 112 valence electrons. The van der Waals surface area contributed by atoms with E-state index in [2.05, 4.69) is 0 Å². The highest BCUT2D eigenvalue weighted by molar-refractivity contribution is 5.35. The van der Waals surface area contributed by atoms with Crippen LogP contribution in [0, 0.1) is 0 Å². The van der Waals surface area contributed by atoms with Gasteiger partial charge in [-0.05, 0) is 0 Å². The van der Waals surface area contributed by atoms with Crippen molar-refractivity contribution in [3.63, 3.8) is 0 Å². The standard InChI is InChI=1S/C7F12/c8-1-2(9)4(12,13)6(15,16)5(14,3(1,10)11)7(17,18)19. The first-order valence-electron chi connectivity index (χ1n) is 4.02. The third kappa shape index (κ3) is 1.45. The topological polar surface area (TPSA) is 0 Å². The van der Waals surface area contributed by atoms with Gasteiger partial charge in [-0.2, -0.15) is 39.5 Å². The molecule has 0 aromatic heterocycles. The van der Waals surface area contributed by atoms with E-state index in [9.17, 15) is 52.7 Å². The van der Waals surface area contributed by atoms with Crippen LogP contribution in [0.4, 0.5) is 52.7 Å². The second-order valence-electron chi connectivity index (χ2n) is 3.51. The minimum absolute atomic E-state index is 4.15. The molecule has 0 saturated carbocycles. The summed E-state index contributed by atoms with van der Waals surface area (Å²) >= 11 is 0. The van der Waals surface area contributed by atoms with Crippen LogP contribution in [0.3, 0.4) is 0 Å². The Morgan fingerprint density at radius 1 is 0.632 bits per heavy atom. The maximum Gasteiger partial charge on any atom is 0.435 e. The van der Waals surface area contributed by atoms with Crippen LogP contribution in [-0.2, 0) is 0 Å². The molecule has 1 atom stereocenters. The highest BCUT2D eigenvalue weighted by atomic mass is 19.4. The highest BCUT2D eigenvalue weighted by Crippen LogP contribution is 2.66. The van der Waals surface area contributed by atoms with Gasteiger partial charge in [-0.15, -0.1) is 0 Å². The maximum absolute atomic E-state index is 13.0. The molecular weight excluding hydrogens is 312 g/mol. The van der Waals surface area contributed by atoms with Crippen LogP contribution in [0.25, 0.3) is 0 Å². The van der Waals surface area contributed by atoms with Crippen LogP contribution >= 0.6 is 0 Å². The number of rotatable bonds is 0. The Labute approximate surface area is 95.2 Å². The van der Waals surface area contributed by atoms with Gasteiger partial charge < -0.3 is 0 Å². The van der Waals surface area contributed by atoms with Crippen LogP contribution in [0.1, 0.15) is 0 Å². The summed E-state index contributed by atoms with van der Waals surface area (Å²) in [7, 11) is 0. The highest BCUT2D eigenvalue weighted by Gasteiger charge is 2.93. The molecule has 0 aromatic rings. The van der Waals surface area contributed by atoms with Gasteiger partial charge in [0.2, 0.25) is 11.7 Å². The first-order chi connectivity index (χ1) is 8.07. The molecule has 0 saturated heterocycles. The van der Waals surface area contributed by atoms with Crippen molar-refractivity contribution in [2.75, 3.05) is 0 Å². The van der Waals surface area contributed by atoms with Gasteiger partial charge in [-0.3, -0.25) is 0 Å². The Bertz CT molecular complexity index is 428. The summed E-state index contributed by atoms with van der Waals surface area (Å²) in [5.74, 6) is -29.2. The van der Waals surface area contributed by atoms with Gasteiger partial charge in [0.25, 0.3) is 0 Å². The third-order valence-electron chi connectivity index (χ3n) is 2.39. The lowest BCUT2D eigenvalue weighted by molar-refractivity contribution is -0.403. The fourth-order valence-corrected chi connectivity index (χ4v) is 1.33. The van der Waals surface area contributed by atoms with Crippen molar-refractivity contribution < 1.29 is 52.7 Å². The number of halogens is 12. The second kappa shape index (κ2) is 3.51. The van der Waals surface area contributed by atoms with Crippen molar-refractivity contribution in [2.45, 2.75) is 29.6 Å². The van der Waals surface area contributed by atoms with Gasteiger partial charge in [0, 0.05) is 0 Å². The summed E-state index contributed by atoms with van der Waals surface area (Å²) < 4.78 is 149. The predicted octanol–water partition coefficient (Wildman–Crippen LogP) is 4.33. The molecule has 0 nitrogen and oxygen atoms in total. The van der Waals surface area contributed by atoms with Crippen LogP contribution in [0.15, 0.2) is 11.7 Å². The monoisotopic (exact) mass is 312 g/mol. The molecule has 0 aromatic carbocycles. The second-order valence-corrected chi connectivity index (χ2v) is 3.51. The number of alkyl halides is 10. The van der Waals surface area contributed by atoms with Gasteiger partial charge in [0.15, 0.2) is 0 Å². The van der Waals surface area contributed by atoms with Crippen molar-refractivity contribution in [2.24, 2.45) is 0 Å². The summed E-state index contributed by atoms with van der Waals surface area (Å²) in [6, 6.07) is 0. The van der Waals surface area contributed by atoms with Gasteiger partial charge >= 0.3 is 29.6 Å². The molecule has 0 aliphatic heterocycles. The molecule has 0 bridgehead atoms. The first-order valence-corrected chi connectivity index (χ1v) is 4.02. The van der Waals surface area contributed by atoms with E-state index in [1.165, 1.54) is 0 Å². The van der Waals surface area contributed by atoms with Crippen LogP contribution in [-0.4, -0.2) is 29.6 Å². The van der Waals surface area contributed by atoms with E-state index < -0.39 is 41.3 Å². The van der Waals surface area contributed by atoms with Crippen molar-refractivity contribution in [3.05, 3.63) is 11.7 Å². The van der Waals surface area contributed by atoms with E-state index in [0.29, 0.717) is 0 Å². The molecule has 0 N–H and O–H groups in total. The smallest absolute Gasteiger partial charge is 0.219 e. The normalized spacial score (nSPS) is 33.5. The molecule has 1 aliphatic carbocycles. The molecule has 0 spiro atoms. The van der Waals surface area contributed by atoms with Gasteiger partial charge in [0.05, 0.1) is 0 Å². The molecule has 19 heavy (non-hydrogen) atoms. The number of allylic oxidation sites excluding steroid dienone is 2. The Morgan fingerprint density at radius 2 is 0.947 bits per heavy atom. The molecule has 12 heteroatoms. The zero-order valence-corrected chi connectivity index (χ0v) is 8.04. The van der Waals surface area contributed by atoms with E-state index in [0.717, 1.165) is 0 Å². The Hall–Kier alpha value is -1.10. The zero-order chi connectivity index (χ0) is 15.7. The minimum atomic E-state index is -7.30. The molecule has 1 unspecified atom stereocenters. The number of hydrogen-bond acceptors (Lipinski definition) is 0. The summed E-state index contributed by atoms with van der Waals surface area (Å²) in [5, 5.41) is 0. The van der Waals surface area contributed by atoms with E-state index in [-0.39, 0.29) is 0 Å². The molecule has 1 aliphatic rings. The largest absolute Gasteiger partial charge is 0.435 e. The van der Waals surface area contributed by atoms with Crippen LogP contribution in [0.2, 0.25) is 0 Å². The van der Waals surface area contributed by atoms with E-state index in [1.807, 2.05) is 0 Å². The van der Waals surface area contributed by atoms with Crippen molar-refractivity contribution in [1.29, 1.82) is 0 Å². The lowest BCUT2D eigenvalue weighted by Gasteiger charge is -2.44. The molecule has 0 fully saturated rings. The van der Waals surface area contributed by atoms with Crippen molar-refractivity contribution in [3.8, 4) is 0 Å². The van der Waals surface area contributed by atoms with E-state index in [1.54, 1.807) is 0 Å². The van der Waals surface area contributed by atoms with Gasteiger partial charge in [0.1, 0.15) is 0 Å². The third-order valence-corrected chi connectivity index (χ3v) is 2.39. The summed E-state index contributed by atoms with van der Waals surface area (Å²) in [4.78, 5) is 0. The fourth-order valence-electron chi connectivity index (χ4n) is 1.33. The number of hydrogen-bond donors (Lipinski definition) is 0. The Kier molecular flexibility index (Phi) is 2.95. The first kappa shape index (κ1) is 16.0. The SMILES string of the molecule is FC1=C(F)C(F)(F)C(F)(C(F)(F)F)C(F)(F)C1(F)F. The summed E-state index contributed by atoms with van der Waals surface area (Å²) in [6.07, 6.45) is -7.29. The molecule has 0 radical (unpaired) electrons. The maximum atomic E-state index is 13.0. The average Bonchev–Trinajstić information content (AvgIpc) is 2.21. The van der Waals surface area contributed by atoms with Gasteiger partial charge in [-0.1, -0.05) is 0 Å².